The summed E-state index contributed by atoms with van der Waals surface area (Å²) in [7, 11) is 0. The highest BCUT2D eigenvalue weighted by Gasteiger charge is 2.28. The zero-order valence-electron chi connectivity index (χ0n) is 12.0. The van der Waals surface area contributed by atoms with E-state index in [1.54, 1.807) is 11.1 Å². The normalized spacial score (nSPS) is 19.5. The van der Waals surface area contributed by atoms with Gasteiger partial charge in [0.15, 0.2) is 0 Å². The largest absolute Gasteiger partial charge is 0.319 e. The molecule has 0 aliphatic carbocycles. The molecule has 1 aliphatic rings. The van der Waals surface area contributed by atoms with Gasteiger partial charge >= 0.3 is 0 Å². The van der Waals surface area contributed by atoms with Crippen molar-refractivity contribution in [1.82, 2.24) is 4.90 Å². The first kappa shape index (κ1) is 15.3. The van der Waals surface area contributed by atoms with E-state index < -0.39 is 0 Å². The minimum Gasteiger partial charge on any atom is -0.319 e. The first-order valence-electron chi connectivity index (χ1n) is 7.72. The van der Waals surface area contributed by atoms with Gasteiger partial charge < -0.3 is 4.90 Å². The van der Waals surface area contributed by atoms with Crippen LogP contribution in [0.3, 0.4) is 0 Å². The summed E-state index contributed by atoms with van der Waals surface area (Å²) in [5.41, 5.74) is 0. The fourth-order valence-corrected chi connectivity index (χ4v) is 2.74. The van der Waals surface area contributed by atoms with E-state index in [1.807, 2.05) is 0 Å². The predicted molar refractivity (Wildman–Crippen MR) is 77.2 cm³/mol. The Balaban J connectivity index is 1.95. The van der Waals surface area contributed by atoms with E-state index in [0.717, 1.165) is 19.4 Å². The Morgan fingerprint density at radius 3 is 2.33 bits per heavy atom. The van der Waals surface area contributed by atoms with Crippen molar-refractivity contribution in [2.45, 2.75) is 71.1 Å². The molecule has 1 unspecified atom stereocenters. The van der Waals surface area contributed by atoms with Crippen molar-refractivity contribution in [2.24, 2.45) is 5.92 Å². The Bertz CT molecular complexity index is 249. The van der Waals surface area contributed by atoms with Crippen LogP contribution in [0.25, 0.3) is 0 Å². The average Bonchev–Trinajstić information content (AvgIpc) is 2.73. The first-order chi connectivity index (χ1) is 8.79. The van der Waals surface area contributed by atoms with Gasteiger partial charge in [-0.3, -0.25) is 4.79 Å². The third-order valence-corrected chi connectivity index (χ3v) is 3.98. The smallest absolute Gasteiger partial charge is 0.229 e. The maximum atomic E-state index is 11.8. The summed E-state index contributed by atoms with van der Waals surface area (Å²) >= 11 is 0. The van der Waals surface area contributed by atoms with Crippen LogP contribution in [-0.2, 0) is 4.79 Å². The van der Waals surface area contributed by atoms with Gasteiger partial charge in [-0.25, -0.2) is 0 Å². The van der Waals surface area contributed by atoms with Crippen LogP contribution in [0.2, 0.25) is 0 Å². The lowest BCUT2D eigenvalue weighted by atomic mass is 9.99. The van der Waals surface area contributed by atoms with E-state index in [2.05, 4.69) is 13.5 Å². The molecule has 1 saturated heterocycles. The summed E-state index contributed by atoms with van der Waals surface area (Å²) in [5.74, 6) is 0.580. The first-order valence-corrected chi connectivity index (χ1v) is 7.72. The average molecular weight is 251 g/mol. The summed E-state index contributed by atoms with van der Waals surface area (Å²) in [6.07, 6.45) is 14.5. The van der Waals surface area contributed by atoms with Crippen LogP contribution in [0.1, 0.15) is 71.1 Å². The minimum atomic E-state index is 0.281. The molecule has 0 aromatic heterocycles. The van der Waals surface area contributed by atoms with Crippen LogP contribution in [0.4, 0.5) is 0 Å². The highest BCUT2D eigenvalue weighted by molar-refractivity contribution is 5.81. The van der Waals surface area contributed by atoms with Crippen molar-refractivity contribution in [2.75, 3.05) is 6.54 Å². The summed E-state index contributed by atoms with van der Waals surface area (Å²) < 4.78 is 0. The molecule has 104 valence electrons. The van der Waals surface area contributed by atoms with E-state index in [-0.39, 0.29) is 5.92 Å². The number of rotatable bonds is 10. The highest BCUT2D eigenvalue weighted by atomic mass is 16.2. The molecule has 2 nitrogen and oxygen atoms in total. The second kappa shape index (κ2) is 9.18. The van der Waals surface area contributed by atoms with Crippen LogP contribution >= 0.6 is 0 Å². The fraction of sp³-hybridized carbons (Fsp3) is 0.812. The van der Waals surface area contributed by atoms with Crippen molar-refractivity contribution >= 4 is 5.91 Å². The molecule has 1 rings (SSSR count). The summed E-state index contributed by atoms with van der Waals surface area (Å²) in [6, 6.07) is 0. The van der Waals surface area contributed by atoms with Gasteiger partial charge in [0.1, 0.15) is 0 Å². The molecule has 2 heteroatoms. The SMILES string of the molecule is C=CN1CCC(CCCCCCCCCC)C1=O. The molecule has 0 spiro atoms. The van der Waals surface area contributed by atoms with Crippen LogP contribution in [0.5, 0.6) is 0 Å². The van der Waals surface area contributed by atoms with Gasteiger partial charge in [-0.1, -0.05) is 64.9 Å². The van der Waals surface area contributed by atoms with E-state index >= 15 is 0 Å². The second-order valence-corrected chi connectivity index (χ2v) is 5.46. The maximum absolute atomic E-state index is 11.8. The van der Waals surface area contributed by atoms with Crippen LogP contribution in [0, 0.1) is 5.92 Å². The molecule has 1 heterocycles. The van der Waals surface area contributed by atoms with Crippen molar-refractivity contribution in [1.29, 1.82) is 0 Å². The third kappa shape index (κ3) is 5.24. The van der Waals surface area contributed by atoms with Crippen LogP contribution in [-0.4, -0.2) is 17.4 Å². The number of likely N-dealkylation sites (tertiary alicyclic amines) is 1. The van der Waals surface area contributed by atoms with E-state index in [4.69, 9.17) is 0 Å². The van der Waals surface area contributed by atoms with Gasteiger partial charge in [0.25, 0.3) is 0 Å². The van der Waals surface area contributed by atoms with E-state index in [1.165, 1.54) is 51.4 Å². The number of unbranched alkanes of at least 4 members (excludes halogenated alkanes) is 7. The molecule has 0 N–H and O–H groups in total. The van der Waals surface area contributed by atoms with Crippen molar-refractivity contribution in [3.05, 3.63) is 12.8 Å². The molecule has 0 saturated carbocycles. The highest BCUT2D eigenvalue weighted by Crippen LogP contribution is 2.24. The quantitative estimate of drug-likeness (QED) is 0.523. The molecular weight excluding hydrogens is 222 g/mol. The van der Waals surface area contributed by atoms with Crippen molar-refractivity contribution in [3.8, 4) is 0 Å². The van der Waals surface area contributed by atoms with Gasteiger partial charge in [-0.05, 0) is 19.0 Å². The summed E-state index contributed by atoms with van der Waals surface area (Å²) in [4.78, 5) is 13.6. The molecule has 0 radical (unpaired) electrons. The van der Waals surface area contributed by atoms with E-state index in [9.17, 15) is 4.79 Å². The number of nitrogens with zero attached hydrogens (tertiary/aromatic N) is 1. The minimum absolute atomic E-state index is 0.281. The molecule has 1 amide bonds. The molecule has 1 fully saturated rings. The van der Waals surface area contributed by atoms with Crippen molar-refractivity contribution in [3.63, 3.8) is 0 Å². The molecule has 0 bridgehead atoms. The Morgan fingerprint density at radius 1 is 1.17 bits per heavy atom. The lowest BCUT2D eigenvalue weighted by Gasteiger charge is -2.10. The maximum Gasteiger partial charge on any atom is 0.229 e. The van der Waals surface area contributed by atoms with Gasteiger partial charge in [-0.15, -0.1) is 0 Å². The topological polar surface area (TPSA) is 20.3 Å². The van der Waals surface area contributed by atoms with Gasteiger partial charge in [0, 0.05) is 12.5 Å². The molecule has 1 aliphatic heterocycles. The third-order valence-electron chi connectivity index (χ3n) is 3.98. The van der Waals surface area contributed by atoms with Gasteiger partial charge in [0.05, 0.1) is 0 Å². The molecular formula is C16H29NO. The number of hydrogen-bond acceptors (Lipinski definition) is 1. The number of carbonyl (C=O) groups is 1. The molecule has 0 aromatic carbocycles. The fourth-order valence-electron chi connectivity index (χ4n) is 2.74. The Morgan fingerprint density at radius 2 is 1.78 bits per heavy atom. The summed E-state index contributed by atoms with van der Waals surface area (Å²) in [5, 5.41) is 0. The lowest BCUT2D eigenvalue weighted by Crippen LogP contribution is -2.21. The predicted octanol–water partition coefficient (Wildman–Crippen LogP) is 4.51. The zero-order chi connectivity index (χ0) is 13.2. The summed E-state index contributed by atoms with van der Waals surface area (Å²) in [6.45, 7) is 6.81. The Labute approximate surface area is 112 Å². The van der Waals surface area contributed by atoms with E-state index in [0.29, 0.717) is 5.91 Å². The monoisotopic (exact) mass is 251 g/mol. The second-order valence-electron chi connectivity index (χ2n) is 5.46. The van der Waals surface area contributed by atoms with Gasteiger partial charge in [0.2, 0.25) is 5.91 Å². The number of carbonyl (C=O) groups excluding carboxylic acids is 1. The standard InChI is InChI=1S/C16H29NO/c1-3-5-6-7-8-9-10-11-12-15-13-14-17(4-2)16(15)18/h4,15H,2-3,5-14H2,1H3. The molecule has 18 heavy (non-hydrogen) atoms. The van der Waals surface area contributed by atoms with Gasteiger partial charge in [-0.2, -0.15) is 0 Å². The lowest BCUT2D eigenvalue weighted by molar-refractivity contribution is -0.128. The van der Waals surface area contributed by atoms with Crippen LogP contribution in [0.15, 0.2) is 12.8 Å². The Kier molecular flexibility index (Phi) is 7.79. The number of amides is 1. The van der Waals surface area contributed by atoms with Crippen molar-refractivity contribution < 1.29 is 4.79 Å². The van der Waals surface area contributed by atoms with Crippen LogP contribution < -0.4 is 0 Å². The molecule has 1 atom stereocenters. The number of hydrogen-bond donors (Lipinski definition) is 0. The molecule has 0 aromatic rings. The Hall–Kier alpha value is -0.790. The zero-order valence-corrected chi connectivity index (χ0v) is 12.0.